The number of piperidine rings is 1. The number of para-hydroxylation sites is 1. The molecule has 0 amide bonds. The predicted molar refractivity (Wildman–Crippen MR) is 131 cm³/mol. The van der Waals surface area contributed by atoms with E-state index < -0.39 is 0 Å². The fraction of sp³-hybridized carbons (Fsp3) is 0.320. The summed E-state index contributed by atoms with van der Waals surface area (Å²) in [6.45, 7) is 3.21. The van der Waals surface area contributed by atoms with E-state index in [1.54, 1.807) is 0 Å². The van der Waals surface area contributed by atoms with Gasteiger partial charge in [-0.15, -0.1) is 0 Å². The second-order valence-electron chi connectivity index (χ2n) is 9.01. The van der Waals surface area contributed by atoms with Crippen LogP contribution in [0.15, 0.2) is 65.2 Å². The molecule has 10 heteroatoms. The molecule has 0 bridgehead atoms. The maximum absolute atomic E-state index is 5.96. The SMILES string of the molecule is CN(c1ccccc1)c1nc(N)nc(-c2noc(N3C[C@@H]4C(COCc5ccccc5)[C@@H]4C3)n2)n1. The summed E-state index contributed by atoms with van der Waals surface area (Å²) in [5.74, 6) is 2.87. The standard InChI is InChI=1S/C25H26N8O2/c1-32(17-10-6-3-7-11-17)24-28-21(27-23(26)30-24)22-29-25(35-31-22)33-12-18-19(13-33)20(18)15-34-14-16-8-4-2-5-9-16/h2-11,18-20H,12-15H2,1H3,(H2,26,27,28,30)/t18-,19+,20?. The minimum absolute atomic E-state index is 0.0971. The molecule has 10 nitrogen and oxygen atoms in total. The van der Waals surface area contributed by atoms with Crippen LogP contribution in [0.4, 0.5) is 23.6 Å². The third kappa shape index (κ3) is 4.40. The highest BCUT2D eigenvalue weighted by molar-refractivity contribution is 5.59. The molecule has 3 atom stereocenters. The zero-order chi connectivity index (χ0) is 23.8. The molecule has 2 aliphatic rings. The summed E-state index contributed by atoms with van der Waals surface area (Å²) in [4.78, 5) is 21.5. The number of hydrogen-bond acceptors (Lipinski definition) is 10. The highest BCUT2D eigenvalue weighted by Crippen LogP contribution is 2.52. The number of anilines is 4. The van der Waals surface area contributed by atoms with E-state index in [4.69, 9.17) is 15.0 Å². The molecule has 0 radical (unpaired) electrons. The molecule has 1 aliphatic carbocycles. The number of fused-ring (bicyclic) bond motifs is 1. The second kappa shape index (κ2) is 8.95. The quantitative estimate of drug-likeness (QED) is 0.411. The Hall–Kier alpha value is -4.05. The monoisotopic (exact) mass is 470 g/mol. The van der Waals surface area contributed by atoms with Crippen LogP contribution in [0, 0.1) is 17.8 Å². The first-order valence-corrected chi connectivity index (χ1v) is 11.7. The van der Waals surface area contributed by atoms with Crippen molar-refractivity contribution in [3.63, 3.8) is 0 Å². The third-order valence-electron chi connectivity index (χ3n) is 6.76. The van der Waals surface area contributed by atoms with Crippen LogP contribution in [-0.4, -0.2) is 51.8 Å². The second-order valence-corrected chi connectivity index (χ2v) is 9.01. The molecule has 6 rings (SSSR count). The lowest BCUT2D eigenvalue weighted by molar-refractivity contribution is 0.104. The van der Waals surface area contributed by atoms with Gasteiger partial charge in [-0.25, -0.2) is 0 Å². The molecule has 35 heavy (non-hydrogen) atoms. The Balaban J connectivity index is 1.08. The van der Waals surface area contributed by atoms with Crippen LogP contribution in [-0.2, 0) is 11.3 Å². The summed E-state index contributed by atoms with van der Waals surface area (Å²) >= 11 is 0. The Bertz CT molecular complexity index is 1290. The van der Waals surface area contributed by atoms with Crippen molar-refractivity contribution < 1.29 is 9.26 Å². The van der Waals surface area contributed by atoms with E-state index in [9.17, 15) is 0 Å². The lowest BCUT2D eigenvalue weighted by Gasteiger charge is -2.17. The largest absolute Gasteiger partial charge is 0.376 e. The molecule has 1 unspecified atom stereocenters. The van der Waals surface area contributed by atoms with E-state index in [0.29, 0.717) is 42.1 Å². The number of aromatic nitrogens is 5. The number of nitrogens with two attached hydrogens (primary N) is 1. The Morgan fingerprint density at radius 2 is 1.66 bits per heavy atom. The average Bonchev–Trinajstić information content (AvgIpc) is 3.26. The fourth-order valence-electron chi connectivity index (χ4n) is 4.77. The van der Waals surface area contributed by atoms with Crippen LogP contribution in [0.25, 0.3) is 11.6 Å². The van der Waals surface area contributed by atoms with Gasteiger partial charge in [0.1, 0.15) is 0 Å². The highest BCUT2D eigenvalue weighted by atomic mass is 16.5. The van der Waals surface area contributed by atoms with E-state index in [2.05, 4.69) is 42.1 Å². The van der Waals surface area contributed by atoms with Crippen LogP contribution < -0.4 is 15.5 Å². The number of benzene rings is 2. The topological polar surface area (TPSA) is 119 Å². The van der Waals surface area contributed by atoms with E-state index in [0.717, 1.165) is 25.4 Å². The van der Waals surface area contributed by atoms with Crippen molar-refractivity contribution in [2.24, 2.45) is 17.8 Å². The highest BCUT2D eigenvalue weighted by Gasteiger charge is 2.56. The van der Waals surface area contributed by atoms with Crippen LogP contribution >= 0.6 is 0 Å². The average molecular weight is 471 g/mol. The maximum Gasteiger partial charge on any atom is 0.324 e. The molecule has 1 saturated carbocycles. The van der Waals surface area contributed by atoms with Crippen LogP contribution in [0.2, 0.25) is 0 Å². The molecule has 2 fully saturated rings. The van der Waals surface area contributed by atoms with Gasteiger partial charge in [-0.2, -0.15) is 19.9 Å². The van der Waals surface area contributed by atoms with Crippen molar-refractivity contribution in [3.05, 3.63) is 66.2 Å². The number of hydrogen-bond donors (Lipinski definition) is 1. The molecule has 1 saturated heterocycles. The van der Waals surface area contributed by atoms with E-state index in [1.165, 1.54) is 5.56 Å². The summed E-state index contributed by atoms with van der Waals surface area (Å²) in [5.41, 5.74) is 8.09. The van der Waals surface area contributed by atoms with Gasteiger partial charge in [-0.3, -0.25) is 0 Å². The first kappa shape index (κ1) is 21.5. The summed E-state index contributed by atoms with van der Waals surface area (Å²) in [6.07, 6.45) is 0. The van der Waals surface area contributed by atoms with Gasteiger partial charge in [0.15, 0.2) is 0 Å². The molecule has 0 spiro atoms. The smallest absolute Gasteiger partial charge is 0.324 e. The first-order chi connectivity index (χ1) is 17.2. The van der Waals surface area contributed by atoms with Crippen molar-refractivity contribution >= 4 is 23.6 Å². The van der Waals surface area contributed by atoms with E-state index >= 15 is 0 Å². The van der Waals surface area contributed by atoms with Gasteiger partial charge in [0.25, 0.3) is 0 Å². The first-order valence-electron chi connectivity index (χ1n) is 11.7. The molecule has 4 aromatic rings. The van der Waals surface area contributed by atoms with Crippen molar-refractivity contribution in [2.75, 3.05) is 42.3 Å². The molecular weight excluding hydrogens is 444 g/mol. The molecule has 1 aliphatic heterocycles. The Kier molecular flexibility index (Phi) is 5.49. The Morgan fingerprint density at radius 1 is 0.943 bits per heavy atom. The minimum Gasteiger partial charge on any atom is -0.376 e. The molecule has 2 aromatic carbocycles. The van der Waals surface area contributed by atoms with Gasteiger partial charge in [-0.1, -0.05) is 53.7 Å². The predicted octanol–water partition coefficient (Wildman–Crippen LogP) is 3.17. The molecule has 2 aromatic heterocycles. The van der Waals surface area contributed by atoms with Gasteiger partial charge in [0.05, 0.1) is 13.2 Å². The van der Waals surface area contributed by atoms with Gasteiger partial charge in [-0.05, 0) is 35.4 Å². The van der Waals surface area contributed by atoms with Crippen LogP contribution in [0.3, 0.4) is 0 Å². The Morgan fingerprint density at radius 3 is 2.40 bits per heavy atom. The van der Waals surface area contributed by atoms with Gasteiger partial charge >= 0.3 is 6.01 Å². The fourth-order valence-corrected chi connectivity index (χ4v) is 4.77. The third-order valence-corrected chi connectivity index (χ3v) is 6.76. The zero-order valence-corrected chi connectivity index (χ0v) is 19.4. The normalized spacial score (nSPS) is 20.6. The van der Waals surface area contributed by atoms with E-state index in [1.807, 2.05) is 60.5 Å². The van der Waals surface area contributed by atoms with Crippen molar-refractivity contribution in [3.8, 4) is 11.6 Å². The summed E-state index contributed by atoms with van der Waals surface area (Å²) in [6, 6.07) is 20.5. The van der Waals surface area contributed by atoms with Crippen LogP contribution in [0.5, 0.6) is 0 Å². The van der Waals surface area contributed by atoms with E-state index in [-0.39, 0.29) is 11.8 Å². The summed E-state index contributed by atoms with van der Waals surface area (Å²) < 4.78 is 11.5. The van der Waals surface area contributed by atoms with Gasteiger partial charge in [0, 0.05) is 25.8 Å². The van der Waals surface area contributed by atoms with Crippen molar-refractivity contribution in [1.82, 2.24) is 25.1 Å². The van der Waals surface area contributed by atoms with Crippen LogP contribution in [0.1, 0.15) is 5.56 Å². The molecule has 2 N–H and O–H groups in total. The maximum atomic E-state index is 5.96. The lowest BCUT2D eigenvalue weighted by atomic mass is 10.2. The number of ether oxygens (including phenoxy) is 1. The van der Waals surface area contributed by atoms with Gasteiger partial charge < -0.3 is 24.8 Å². The Labute approximate surface area is 202 Å². The lowest BCUT2D eigenvalue weighted by Crippen LogP contribution is -2.25. The number of nitrogens with zero attached hydrogens (tertiary/aromatic N) is 7. The summed E-state index contributed by atoms with van der Waals surface area (Å²) in [5, 5.41) is 4.11. The van der Waals surface area contributed by atoms with Crippen molar-refractivity contribution in [1.29, 1.82) is 0 Å². The number of nitrogen functional groups attached to an aromatic ring is 1. The molecule has 3 heterocycles. The zero-order valence-electron chi connectivity index (χ0n) is 19.4. The molecule has 178 valence electrons. The summed E-state index contributed by atoms with van der Waals surface area (Å²) in [7, 11) is 1.87. The van der Waals surface area contributed by atoms with Crippen molar-refractivity contribution in [2.45, 2.75) is 6.61 Å². The van der Waals surface area contributed by atoms with Gasteiger partial charge in [0.2, 0.25) is 23.5 Å². The minimum atomic E-state index is 0.0971. The number of rotatable bonds is 8. The molecular formula is C25H26N8O2.